The number of rotatable bonds is 5. The third-order valence-electron chi connectivity index (χ3n) is 6.61. The van der Waals surface area contributed by atoms with Crippen LogP contribution in [0.5, 0.6) is 5.75 Å². The SMILES string of the molecule is COc1ccccc1CNC(=O)C1(C)Cn2c(cc3ccsc32)C(=O)N1c1cc(C)ccc1C. The molecule has 0 spiro atoms. The van der Waals surface area contributed by atoms with Crippen LogP contribution in [0, 0.1) is 13.8 Å². The van der Waals surface area contributed by atoms with E-state index in [0.29, 0.717) is 24.5 Å². The molecule has 2 amide bonds. The molecule has 6 nitrogen and oxygen atoms in total. The van der Waals surface area contributed by atoms with Gasteiger partial charge < -0.3 is 14.6 Å². The Balaban J connectivity index is 1.59. The first-order valence-electron chi connectivity index (χ1n) is 11.2. The number of aromatic nitrogens is 1. The number of methoxy groups -OCH3 is 1. The Morgan fingerprint density at radius 2 is 1.94 bits per heavy atom. The summed E-state index contributed by atoms with van der Waals surface area (Å²) in [5, 5.41) is 6.11. The van der Waals surface area contributed by atoms with Gasteiger partial charge >= 0.3 is 0 Å². The predicted molar refractivity (Wildman–Crippen MR) is 136 cm³/mol. The molecule has 2 aromatic heterocycles. The van der Waals surface area contributed by atoms with Gasteiger partial charge in [-0.1, -0.05) is 30.3 Å². The third-order valence-corrected chi connectivity index (χ3v) is 7.56. The number of carbonyl (C=O) groups is 2. The molecule has 0 radical (unpaired) electrons. The molecule has 1 aliphatic heterocycles. The molecule has 174 valence electrons. The van der Waals surface area contributed by atoms with E-state index in [1.54, 1.807) is 23.3 Å². The van der Waals surface area contributed by atoms with E-state index >= 15 is 0 Å². The first-order chi connectivity index (χ1) is 16.3. The van der Waals surface area contributed by atoms with E-state index < -0.39 is 5.54 Å². The minimum atomic E-state index is -1.12. The second kappa shape index (κ2) is 8.33. The molecule has 1 unspecified atom stereocenters. The molecular formula is C27H27N3O3S. The number of amides is 2. The number of nitrogens with zero attached hydrogens (tertiary/aromatic N) is 2. The molecule has 3 heterocycles. The van der Waals surface area contributed by atoms with E-state index in [0.717, 1.165) is 32.6 Å². The topological polar surface area (TPSA) is 63.6 Å². The van der Waals surface area contributed by atoms with Crippen LogP contribution < -0.4 is 15.0 Å². The standard InChI is InChI=1S/C27H27N3O3S/c1-17-9-10-18(2)21(13-17)30-24(31)22-14-19-11-12-34-25(19)29(22)16-27(30,3)26(32)28-15-20-7-5-6-8-23(20)33-4/h5-14H,15-16H2,1-4H3,(H,28,32). The van der Waals surface area contributed by atoms with Crippen LogP contribution in [0.2, 0.25) is 0 Å². The molecule has 1 aliphatic rings. The predicted octanol–water partition coefficient (Wildman–Crippen LogP) is 5.06. The van der Waals surface area contributed by atoms with Gasteiger partial charge in [0.1, 0.15) is 21.8 Å². The molecule has 4 aromatic rings. The number of para-hydroxylation sites is 1. The molecule has 0 fully saturated rings. The molecule has 7 heteroatoms. The van der Waals surface area contributed by atoms with Crippen molar-refractivity contribution >= 4 is 39.1 Å². The highest BCUT2D eigenvalue weighted by atomic mass is 32.1. The first-order valence-corrected chi connectivity index (χ1v) is 12.1. The maximum Gasteiger partial charge on any atom is 0.275 e. The Labute approximate surface area is 202 Å². The summed E-state index contributed by atoms with van der Waals surface area (Å²) >= 11 is 1.58. The lowest BCUT2D eigenvalue weighted by Crippen LogP contribution is -2.64. The zero-order valence-electron chi connectivity index (χ0n) is 19.7. The smallest absolute Gasteiger partial charge is 0.275 e. The summed E-state index contributed by atoms with van der Waals surface area (Å²) in [5.74, 6) is 0.335. The molecule has 0 saturated carbocycles. The molecule has 1 N–H and O–H groups in total. The van der Waals surface area contributed by atoms with Gasteiger partial charge in [0.05, 0.1) is 13.7 Å². The lowest BCUT2D eigenvalue weighted by atomic mass is 9.92. The summed E-state index contributed by atoms with van der Waals surface area (Å²) in [6, 6.07) is 17.6. The quantitative estimate of drug-likeness (QED) is 0.441. The number of benzene rings is 2. The monoisotopic (exact) mass is 473 g/mol. The van der Waals surface area contributed by atoms with Gasteiger partial charge in [-0.25, -0.2) is 0 Å². The number of anilines is 1. The lowest BCUT2D eigenvalue weighted by molar-refractivity contribution is -0.126. The highest BCUT2D eigenvalue weighted by molar-refractivity contribution is 7.16. The fourth-order valence-corrected chi connectivity index (χ4v) is 5.65. The van der Waals surface area contributed by atoms with E-state index in [-0.39, 0.29) is 11.8 Å². The van der Waals surface area contributed by atoms with Gasteiger partial charge in [0.15, 0.2) is 0 Å². The maximum atomic E-state index is 14.0. The Bertz CT molecular complexity index is 1420. The summed E-state index contributed by atoms with van der Waals surface area (Å²) in [6.07, 6.45) is 0. The first kappa shape index (κ1) is 22.2. The molecular weight excluding hydrogens is 446 g/mol. The Morgan fingerprint density at radius 1 is 1.15 bits per heavy atom. The number of aryl methyl sites for hydroxylation is 2. The minimum absolute atomic E-state index is 0.168. The van der Waals surface area contributed by atoms with Crippen molar-refractivity contribution < 1.29 is 14.3 Å². The van der Waals surface area contributed by atoms with Crippen LogP contribution in [0.1, 0.15) is 34.1 Å². The van der Waals surface area contributed by atoms with Crippen LogP contribution in [0.25, 0.3) is 10.2 Å². The van der Waals surface area contributed by atoms with Crippen LogP contribution in [-0.4, -0.2) is 29.0 Å². The number of hydrogen-bond acceptors (Lipinski definition) is 4. The van der Waals surface area contributed by atoms with Crippen molar-refractivity contribution in [1.29, 1.82) is 0 Å². The molecule has 0 saturated heterocycles. The van der Waals surface area contributed by atoms with Crippen molar-refractivity contribution in [3.05, 3.63) is 82.4 Å². The zero-order chi connectivity index (χ0) is 24.0. The van der Waals surface area contributed by atoms with E-state index in [2.05, 4.69) is 5.32 Å². The zero-order valence-corrected chi connectivity index (χ0v) is 20.5. The van der Waals surface area contributed by atoms with Crippen LogP contribution in [0.4, 0.5) is 5.69 Å². The molecule has 0 bridgehead atoms. The average molecular weight is 474 g/mol. The lowest BCUT2D eigenvalue weighted by Gasteiger charge is -2.44. The molecule has 0 aliphatic carbocycles. The molecule has 34 heavy (non-hydrogen) atoms. The van der Waals surface area contributed by atoms with Gasteiger partial charge in [0, 0.05) is 23.2 Å². The molecule has 5 rings (SSSR count). The van der Waals surface area contributed by atoms with Crippen molar-refractivity contribution in [3.63, 3.8) is 0 Å². The Hall–Kier alpha value is -3.58. The van der Waals surface area contributed by atoms with Gasteiger partial charge in [0.25, 0.3) is 5.91 Å². The van der Waals surface area contributed by atoms with Crippen molar-refractivity contribution in [1.82, 2.24) is 9.88 Å². The number of nitrogens with one attached hydrogen (secondary N) is 1. The fraction of sp³-hybridized carbons (Fsp3) is 0.259. The van der Waals surface area contributed by atoms with Gasteiger partial charge in [-0.15, -0.1) is 11.3 Å². The summed E-state index contributed by atoms with van der Waals surface area (Å²) in [5.41, 5.74) is 3.11. The van der Waals surface area contributed by atoms with Crippen LogP contribution in [0.15, 0.2) is 60.0 Å². The van der Waals surface area contributed by atoms with Crippen molar-refractivity contribution in [2.75, 3.05) is 12.0 Å². The second-order valence-electron chi connectivity index (χ2n) is 9.00. The van der Waals surface area contributed by atoms with Crippen LogP contribution >= 0.6 is 11.3 Å². The normalized spacial score (nSPS) is 17.6. The van der Waals surface area contributed by atoms with Crippen molar-refractivity contribution in [2.45, 2.75) is 39.4 Å². The number of ether oxygens (including phenoxy) is 1. The van der Waals surface area contributed by atoms with Crippen LogP contribution in [-0.2, 0) is 17.9 Å². The van der Waals surface area contributed by atoms with Crippen molar-refractivity contribution in [2.24, 2.45) is 0 Å². The number of carbonyl (C=O) groups excluding carboxylic acids is 2. The minimum Gasteiger partial charge on any atom is -0.496 e. The van der Waals surface area contributed by atoms with Crippen LogP contribution in [0.3, 0.4) is 0 Å². The van der Waals surface area contributed by atoms with Gasteiger partial charge in [-0.2, -0.15) is 0 Å². The summed E-state index contributed by atoms with van der Waals surface area (Å²) in [6.45, 7) is 6.49. The summed E-state index contributed by atoms with van der Waals surface area (Å²) in [4.78, 5) is 30.5. The van der Waals surface area contributed by atoms with E-state index in [1.807, 2.05) is 85.3 Å². The van der Waals surface area contributed by atoms with Gasteiger partial charge in [0.2, 0.25) is 5.91 Å². The van der Waals surface area contributed by atoms with E-state index in [1.165, 1.54) is 0 Å². The number of hydrogen-bond donors (Lipinski definition) is 1. The van der Waals surface area contributed by atoms with E-state index in [4.69, 9.17) is 4.74 Å². The number of thiophene rings is 1. The third kappa shape index (κ3) is 3.47. The fourth-order valence-electron chi connectivity index (χ4n) is 4.75. The van der Waals surface area contributed by atoms with Gasteiger partial charge in [-0.05, 0) is 61.5 Å². The second-order valence-corrected chi connectivity index (χ2v) is 9.89. The maximum absolute atomic E-state index is 14.0. The number of fused-ring (bicyclic) bond motifs is 3. The summed E-state index contributed by atoms with van der Waals surface area (Å²) in [7, 11) is 1.61. The highest BCUT2D eigenvalue weighted by Gasteiger charge is 2.49. The highest BCUT2D eigenvalue weighted by Crippen LogP contribution is 2.38. The van der Waals surface area contributed by atoms with Crippen molar-refractivity contribution in [3.8, 4) is 5.75 Å². The van der Waals surface area contributed by atoms with E-state index in [9.17, 15) is 9.59 Å². The Morgan fingerprint density at radius 3 is 2.74 bits per heavy atom. The molecule has 1 atom stereocenters. The molecule has 2 aromatic carbocycles. The average Bonchev–Trinajstić information content (AvgIpc) is 3.42. The Kier molecular flexibility index (Phi) is 5.44. The summed E-state index contributed by atoms with van der Waals surface area (Å²) < 4.78 is 7.43. The van der Waals surface area contributed by atoms with Gasteiger partial charge in [-0.3, -0.25) is 14.5 Å². The largest absolute Gasteiger partial charge is 0.496 e.